The van der Waals surface area contributed by atoms with Gasteiger partial charge in [0.2, 0.25) is 0 Å². The molecule has 8 aromatic carbocycles. The van der Waals surface area contributed by atoms with Crippen molar-refractivity contribution in [2.24, 2.45) is 0 Å². The first-order chi connectivity index (χ1) is 28.3. The molecular weight excluding hydrogens is 717 g/mol. The maximum Gasteiger partial charge on any atom is 0.164 e. The zero-order chi connectivity index (χ0) is 37.5. The van der Waals surface area contributed by atoms with Crippen LogP contribution in [0.1, 0.15) is 0 Å². The molecule has 0 aliphatic heterocycles. The fourth-order valence-electron chi connectivity index (χ4n) is 8.49. The zero-order valence-electron chi connectivity index (χ0n) is 30.4. The van der Waals surface area contributed by atoms with Crippen LogP contribution in [0.4, 0.5) is 0 Å². The summed E-state index contributed by atoms with van der Waals surface area (Å²) in [5.74, 6) is 1.82. The van der Waals surface area contributed by atoms with E-state index in [4.69, 9.17) is 19.4 Å². The Morgan fingerprint density at radius 1 is 0.421 bits per heavy atom. The second-order valence-corrected chi connectivity index (χ2v) is 15.4. The Kier molecular flexibility index (Phi) is 7.03. The summed E-state index contributed by atoms with van der Waals surface area (Å²) in [6.07, 6.45) is 0. The van der Waals surface area contributed by atoms with Crippen molar-refractivity contribution >= 4 is 75.3 Å². The van der Waals surface area contributed by atoms with Gasteiger partial charge in [-0.25, -0.2) is 15.0 Å². The summed E-state index contributed by atoms with van der Waals surface area (Å²) in [6, 6.07) is 63.5. The molecule has 0 N–H and O–H groups in total. The Bertz CT molecular complexity index is 3500. The summed E-state index contributed by atoms with van der Waals surface area (Å²) in [5.41, 5.74) is 10.1. The SMILES string of the molecule is c1ccc(-c2ccc(-c3nc(-c4ccccc4)nc(-c4cccc5oc6cc(-n7c8ccccc8c8sc9ccccc9c87)c7ccccc7c6c45)n3)cc2)cc1. The minimum atomic E-state index is 0.593. The Morgan fingerprint density at radius 3 is 1.77 bits per heavy atom. The van der Waals surface area contributed by atoms with Gasteiger partial charge in [0.05, 0.1) is 21.4 Å². The number of fused-ring (bicyclic) bond motifs is 10. The van der Waals surface area contributed by atoms with Crippen molar-refractivity contribution in [3.8, 4) is 51.0 Å². The lowest BCUT2D eigenvalue weighted by molar-refractivity contribution is 0.669. The Hall–Kier alpha value is -7.41. The number of rotatable bonds is 5. The highest BCUT2D eigenvalue weighted by atomic mass is 32.1. The van der Waals surface area contributed by atoms with Gasteiger partial charge in [-0.1, -0.05) is 158 Å². The fourth-order valence-corrected chi connectivity index (χ4v) is 9.71. The topological polar surface area (TPSA) is 56.7 Å². The van der Waals surface area contributed by atoms with Crippen molar-refractivity contribution in [1.29, 1.82) is 0 Å². The second kappa shape index (κ2) is 12.6. The predicted octanol–water partition coefficient (Wildman–Crippen LogP) is 13.9. The molecule has 0 radical (unpaired) electrons. The van der Waals surface area contributed by atoms with E-state index in [2.05, 4.69) is 138 Å². The van der Waals surface area contributed by atoms with Crippen LogP contribution in [-0.4, -0.2) is 19.5 Å². The predicted molar refractivity (Wildman–Crippen MR) is 236 cm³/mol. The van der Waals surface area contributed by atoms with Gasteiger partial charge in [0.1, 0.15) is 11.2 Å². The quantitative estimate of drug-likeness (QED) is 0.176. The number of hydrogen-bond donors (Lipinski definition) is 0. The third-order valence-electron chi connectivity index (χ3n) is 11.1. The normalized spacial score (nSPS) is 11.9. The maximum absolute atomic E-state index is 6.86. The Balaban J connectivity index is 1.11. The molecule has 12 aromatic rings. The van der Waals surface area contributed by atoms with Crippen LogP contribution in [0.3, 0.4) is 0 Å². The number of thiophene rings is 1. The van der Waals surface area contributed by atoms with Crippen LogP contribution >= 0.6 is 11.3 Å². The number of benzene rings is 8. The third-order valence-corrected chi connectivity index (χ3v) is 12.3. The largest absolute Gasteiger partial charge is 0.456 e. The van der Waals surface area contributed by atoms with Crippen molar-refractivity contribution in [2.75, 3.05) is 0 Å². The van der Waals surface area contributed by atoms with Crippen LogP contribution in [0.15, 0.2) is 186 Å². The fraction of sp³-hybridized carbons (Fsp3) is 0. The third kappa shape index (κ3) is 4.98. The van der Waals surface area contributed by atoms with E-state index in [0.717, 1.165) is 66.2 Å². The Labute approximate surface area is 330 Å². The lowest BCUT2D eigenvalue weighted by atomic mass is 9.99. The van der Waals surface area contributed by atoms with E-state index in [1.807, 2.05) is 59.9 Å². The summed E-state index contributed by atoms with van der Waals surface area (Å²) < 4.78 is 11.9. The summed E-state index contributed by atoms with van der Waals surface area (Å²) >= 11 is 1.85. The summed E-state index contributed by atoms with van der Waals surface area (Å²) in [6.45, 7) is 0. The molecule has 4 heterocycles. The van der Waals surface area contributed by atoms with Gasteiger partial charge >= 0.3 is 0 Å². The van der Waals surface area contributed by atoms with Crippen LogP contribution in [0.5, 0.6) is 0 Å². The van der Waals surface area contributed by atoms with E-state index >= 15 is 0 Å². The van der Waals surface area contributed by atoms with Crippen molar-refractivity contribution in [2.45, 2.75) is 0 Å². The van der Waals surface area contributed by atoms with Crippen LogP contribution in [-0.2, 0) is 0 Å². The van der Waals surface area contributed by atoms with Gasteiger partial charge in [-0.15, -0.1) is 11.3 Å². The van der Waals surface area contributed by atoms with E-state index in [1.165, 1.54) is 31.2 Å². The molecule has 4 aromatic heterocycles. The number of furan rings is 1. The van der Waals surface area contributed by atoms with Crippen molar-refractivity contribution in [1.82, 2.24) is 19.5 Å². The van der Waals surface area contributed by atoms with Crippen LogP contribution in [0, 0.1) is 0 Å². The molecule has 0 atom stereocenters. The monoisotopic (exact) mass is 746 g/mol. The molecule has 0 aliphatic rings. The molecule has 266 valence electrons. The molecule has 0 saturated heterocycles. The van der Waals surface area contributed by atoms with Crippen molar-refractivity contribution in [3.05, 3.63) is 182 Å². The van der Waals surface area contributed by atoms with Gasteiger partial charge in [-0.2, -0.15) is 0 Å². The lowest BCUT2D eigenvalue weighted by Gasteiger charge is -2.13. The number of aromatic nitrogens is 4. The van der Waals surface area contributed by atoms with Crippen LogP contribution in [0.2, 0.25) is 0 Å². The maximum atomic E-state index is 6.86. The molecule has 6 heteroatoms. The van der Waals surface area contributed by atoms with E-state index < -0.39 is 0 Å². The lowest BCUT2D eigenvalue weighted by Crippen LogP contribution is -2.00. The average molecular weight is 747 g/mol. The summed E-state index contributed by atoms with van der Waals surface area (Å²) in [5, 5.41) is 6.77. The van der Waals surface area contributed by atoms with Gasteiger partial charge in [-0.3, -0.25) is 0 Å². The first-order valence-corrected chi connectivity index (χ1v) is 19.8. The molecule has 0 amide bonds. The first kappa shape index (κ1) is 31.9. The van der Waals surface area contributed by atoms with Crippen molar-refractivity contribution < 1.29 is 4.42 Å². The summed E-state index contributed by atoms with van der Waals surface area (Å²) in [4.78, 5) is 15.4. The summed E-state index contributed by atoms with van der Waals surface area (Å²) in [7, 11) is 0. The number of nitrogens with zero attached hydrogens (tertiary/aromatic N) is 4. The van der Waals surface area contributed by atoms with Gasteiger partial charge in [0.15, 0.2) is 17.5 Å². The molecule has 0 bridgehead atoms. The molecule has 0 fully saturated rings. The highest BCUT2D eigenvalue weighted by molar-refractivity contribution is 7.26. The Morgan fingerprint density at radius 2 is 1.00 bits per heavy atom. The minimum absolute atomic E-state index is 0.593. The molecule has 0 aliphatic carbocycles. The minimum Gasteiger partial charge on any atom is -0.456 e. The van der Waals surface area contributed by atoms with E-state index in [9.17, 15) is 0 Å². The van der Waals surface area contributed by atoms with Gasteiger partial charge in [-0.05, 0) is 34.7 Å². The smallest absolute Gasteiger partial charge is 0.164 e. The number of para-hydroxylation sites is 1. The molecular formula is C51H30N4OS. The van der Waals surface area contributed by atoms with E-state index in [0.29, 0.717) is 17.5 Å². The van der Waals surface area contributed by atoms with Crippen LogP contribution in [0.25, 0.3) is 115 Å². The molecule has 57 heavy (non-hydrogen) atoms. The van der Waals surface area contributed by atoms with Gasteiger partial charge < -0.3 is 8.98 Å². The highest BCUT2D eigenvalue weighted by Gasteiger charge is 2.23. The van der Waals surface area contributed by atoms with Crippen LogP contribution < -0.4 is 0 Å². The van der Waals surface area contributed by atoms with E-state index in [1.54, 1.807) is 0 Å². The molecule has 5 nitrogen and oxygen atoms in total. The van der Waals surface area contributed by atoms with Gasteiger partial charge in [0, 0.05) is 54.4 Å². The van der Waals surface area contributed by atoms with E-state index in [-0.39, 0.29) is 0 Å². The average Bonchev–Trinajstić information content (AvgIpc) is 3.96. The molecule has 12 rings (SSSR count). The second-order valence-electron chi connectivity index (χ2n) is 14.3. The first-order valence-electron chi connectivity index (χ1n) is 19.0. The highest BCUT2D eigenvalue weighted by Crippen LogP contribution is 2.46. The zero-order valence-corrected chi connectivity index (χ0v) is 31.2. The standard InChI is InChI=1S/C51H30N4OS/c1-3-14-31(15-4-1)32-26-28-34(29-27-32)50-52-49(33-16-5-2-6-17-33)53-51(54-50)39-22-13-24-42-46(39)45-36-19-8-7-18-35(36)41(30-43(45)56-42)55-40-23-11-9-20-37(40)48-47(55)38-21-10-12-25-44(38)57-48/h1-30H. The molecule has 0 spiro atoms. The molecule has 0 unspecified atom stereocenters. The number of hydrogen-bond acceptors (Lipinski definition) is 5. The van der Waals surface area contributed by atoms with Crippen molar-refractivity contribution in [3.63, 3.8) is 0 Å². The van der Waals surface area contributed by atoms with Gasteiger partial charge in [0.25, 0.3) is 0 Å². The molecule has 0 saturated carbocycles.